The first kappa shape index (κ1) is 19.2. The van der Waals surface area contributed by atoms with Crippen molar-refractivity contribution in [2.45, 2.75) is 58.6 Å². The molecule has 1 aromatic carbocycles. The molecular formula is C18H27NO4. The maximum absolute atomic E-state index is 12.7. The van der Waals surface area contributed by atoms with Gasteiger partial charge in [-0.15, -0.1) is 0 Å². The number of hydrogen-bond acceptors (Lipinski definition) is 3. The maximum atomic E-state index is 12.7. The number of nitrogens with zero attached hydrogens (tertiary/aromatic N) is 1. The molecule has 23 heavy (non-hydrogen) atoms. The van der Waals surface area contributed by atoms with Crippen LogP contribution in [0, 0.1) is 0 Å². The summed E-state index contributed by atoms with van der Waals surface area (Å²) in [6, 6.07) is 6.89. The molecule has 1 unspecified atom stereocenters. The van der Waals surface area contributed by atoms with Gasteiger partial charge in [0, 0.05) is 17.6 Å². The normalized spacial score (nSPS) is 12.7. The Morgan fingerprint density at radius 3 is 2.17 bits per heavy atom. The summed E-state index contributed by atoms with van der Waals surface area (Å²) in [6.07, 6.45) is 0.959. The second kappa shape index (κ2) is 8.11. The third-order valence-corrected chi connectivity index (χ3v) is 3.71. The fraction of sp³-hybridized carbons (Fsp3) is 0.556. The van der Waals surface area contributed by atoms with Crippen LogP contribution in [0.3, 0.4) is 0 Å². The summed E-state index contributed by atoms with van der Waals surface area (Å²) in [7, 11) is 0. The number of carboxylic acids is 1. The molecule has 0 saturated heterocycles. The van der Waals surface area contributed by atoms with E-state index in [1.807, 2.05) is 27.7 Å². The summed E-state index contributed by atoms with van der Waals surface area (Å²) in [5.74, 6) is -1.12. The monoisotopic (exact) mass is 321 g/mol. The van der Waals surface area contributed by atoms with Gasteiger partial charge in [0.25, 0.3) is 5.91 Å². The zero-order valence-electron chi connectivity index (χ0n) is 14.4. The van der Waals surface area contributed by atoms with E-state index in [0.29, 0.717) is 12.0 Å². The first-order valence-corrected chi connectivity index (χ1v) is 7.98. The Labute approximate surface area is 137 Å². The zero-order valence-corrected chi connectivity index (χ0v) is 14.4. The van der Waals surface area contributed by atoms with Gasteiger partial charge in [0.15, 0.2) is 0 Å². The molecule has 1 atom stereocenters. The molecule has 0 spiro atoms. The number of aliphatic hydroxyl groups excluding tert-OH is 1. The van der Waals surface area contributed by atoms with Crippen molar-refractivity contribution < 1.29 is 19.8 Å². The molecule has 0 bridgehead atoms. The van der Waals surface area contributed by atoms with Gasteiger partial charge in [0.1, 0.15) is 0 Å². The van der Waals surface area contributed by atoms with E-state index in [-0.39, 0.29) is 18.9 Å². The minimum atomic E-state index is -0.926. The second-order valence-corrected chi connectivity index (χ2v) is 6.70. The first-order chi connectivity index (χ1) is 10.7. The molecule has 0 aliphatic rings. The minimum Gasteiger partial charge on any atom is -0.481 e. The summed E-state index contributed by atoms with van der Waals surface area (Å²) < 4.78 is 0. The number of aliphatic carboxylic acids is 1. The summed E-state index contributed by atoms with van der Waals surface area (Å²) in [6.45, 7) is 7.81. The van der Waals surface area contributed by atoms with Gasteiger partial charge in [-0.2, -0.15) is 0 Å². The Morgan fingerprint density at radius 2 is 1.74 bits per heavy atom. The van der Waals surface area contributed by atoms with E-state index in [9.17, 15) is 14.7 Å². The number of carbonyl (C=O) groups is 2. The lowest BCUT2D eigenvalue weighted by atomic mass is 10.0. The van der Waals surface area contributed by atoms with Crippen LogP contribution in [0.2, 0.25) is 0 Å². The Morgan fingerprint density at radius 1 is 1.17 bits per heavy atom. The average molecular weight is 321 g/mol. The highest BCUT2D eigenvalue weighted by molar-refractivity contribution is 5.95. The fourth-order valence-electron chi connectivity index (χ4n) is 2.39. The summed E-state index contributed by atoms with van der Waals surface area (Å²) in [5, 5.41) is 18.8. The molecule has 1 amide bonds. The van der Waals surface area contributed by atoms with Crippen LogP contribution >= 0.6 is 0 Å². The van der Waals surface area contributed by atoms with E-state index in [1.165, 1.54) is 0 Å². The predicted molar refractivity (Wildman–Crippen MR) is 89.4 cm³/mol. The number of rotatable bonds is 7. The topological polar surface area (TPSA) is 77.8 Å². The van der Waals surface area contributed by atoms with Gasteiger partial charge in [-0.25, -0.2) is 0 Å². The lowest BCUT2D eigenvalue weighted by Crippen LogP contribution is -2.46. The third kappa shape index (κ3) is 5.67. The van der Waals surface area contributed by atoms with E-state index in [1.54, 1.807) is 29.2 Å². The standard InChI is InChI=1S/C18H27NO4/c1-5-6-15(20)13-7-9-14(10-8-13)17(23)19(18(2,3)4)12-11-16(21)22/h7-10,15,20H,5-6,11-12H2,1-4H3,(H,21,22). The first-order valence-electron chi connectivity index (χ1n) is 7.98. The van der Waals surface area contributed by atoms with Crippen LogP contribution in [0.4, 0.5) is 0 Å². The lowest BCUT2D eigenvalue weighted by molar-refractivity contribution is -0.137. The van der Waals surface area contributed by atoms with Crippen molar-refractivity contribution in [3.63, 3.8) is 0 Å². The molecule has 128 valence electrons. The van der Waals surface area contributed by atoms with Crippen LogP contribution in [0.15, 0.2) is 24.3 Å². The number of amides is 1. The number of carbonyl (C=O) groups excluding carboxylic acids is 1. The second-order valence-electron chi connectivity index (χ2n) is 6.70. The average Bonchev–Trinajstić information content (AvgIpc) is 2.46. The Hall–Kier alpha value is -1.88. The highest BCUT2D eigenvalue weighted by Gasteiger charge is 2.27. The molecule has 0 aliphatic carbocycles. The van der Waals surface area contributed by atoms with Crippen molar-refractivity contribution in [2.24, 2.45) is 0 Å². The molecule has 0 radical (unpaired) electrons. The molecule has 0 saturated carbocycles. The van der Waals surface area contributed by atoms with Crippen LogP contribution in [0.25, 0.3) is 0 Å². The van der Waals surface area contributed by atoms with Crippen LogP contribution in [0.5, 0.6) is 0 Å². The molecule has 0 fully saturated rings. The molecule has 0 heterocycles. The van der Waals surface area contributed by atoms with Gasteiger partial charge < -0.3 is 15.1 Å². The van der Waals surface area contributed by atoms with E-state index < -0.39 is 17.6 Å². The van der Waals surface area contributed by atoms with Gasteiger partial charge >= 0.3 is 5.97 Å². The minimum absolute atomic E-state index is 0.0870. The smallest absolute Gasteiger partial charge is 0.305 e. The van der Waals surface area contributed by atoms with Gasteiger partial charge in [-0.1, -0.05) is 25.5 Å². The van der Waals surface area contributed by atoms with E-state index >= 15 is 0 Å². The Kier molecular flexibility index (Phi) is 6.76. The van der Waals surface area contributed by atoms with Crippen LogP contribution in [-0.2, 0) is 4.79 Å². The predicted octanol–water partition coefficient (Wildman–Crippen LogP) is 3.24. The molecule has 0 aromatic heterocycles. The SMILES string of the molecule is CCCC(O)c1ccc(C(=O)N(CCC(=O)O)C(C)(C)C)cc1. The molecular weight excluding hydrogens is 294 g/mol. The number of carboxylic acid groups (broad SMARTS) is 1. The van der Waals surface area contributed by atoms with Gasteiger partial charge in [-0.3, -0.25) is 9.59 Å². The van der Waals surface area contributed by atoms with E-state index in [2.05, 4.69) is 0 Å². The molecule has 5 nitrogen and oxygen atoms in total. The van der Waals surface area contributed by atoms with Gasteiger partial charge in [0.2, 0.25) is 0 Å². The number of aliphatic hydroxyl groups is 1. The summed E-state index contributed by atoms with van der Waals surface area (Å²) in [5.41, 5.74) is 0.821. The molecule has 5 heteroatoms. The van der Waals surface area contributed by atoms with Crippen molar-refractivity contribution in [1.82, 2.24) is 4.90 Å². The highest BCUT2D eigenvalue weighted by Crippen LogP contribution is 2.21. The Bertz CT molecular complexity index is 531. The van der Waals surface area contributed by atoms with Crippen molar-refractivity contribution in [3.8, 4) is 0 Å². The summed E-state index contributed by atoms with van der Waals surface area (Å²) >= 11 is 0. The zero-order chi connectivity index (χ0) is 17.6. The third-order valence-electron chi connectivity index (χ3n) is 3.71. The van der Waals surface area contributed by atoms with Crippen LogP contribution in [0.1, 0.15) is 69.0 Å². The van der Waals surface area contributed by atoms with Crippen molar-refractivity contribution in [1.29, 1.82) is 0 Å². The highest BCUT2D eigenvalue weighted by atomic mass is 16.4. The van der Waals surface area contributed by atoms with Crippen molar-refractivity contribution in [3.05, 3.63) is 35.4 Å². The molecule has 2 N–H and O–H groups in total. The molecule has 1 rings (SSSR count). The van der Waals surface area contributed by atoms with Crippen LogP contribution < -0.4 is 0 Å². The fourth-order valence-corrected chi connectivity index (χ4v) is 2.39. The lowest BCUT2D eigenvalue weighted by Gasteiger charge is -2.35. The van der Waals surface area contributed by atoms with E-state index in [4.69, 9.17) is 5.11 Å². The van der Waals surface area contributed by atoms with Gasteiger partial charge in [0.05, 0.1) is 12.5 Å². The van der Waals surface area contributed by atoms with E-state index in [0.717, 1.165) is 12.0 Å². The van der Waals surface area contributed by atoms with Gasteiger partial charge in [-0.05, 0) is 44.9 Å². The molecule has 1 aromatic rings. The number of benzene rings is 1. The number of hydrogen-bond donors (Lipinski definition) is 2. The quantitative estimate of drug-likeness (QED) is 0.808. The summed E-state index contributed by atoms with van der Waals surface area (Å²) in [4.78, 5) is 25.1. The van der Waals surface area contributed by atoms with Crippen molar-refractivity contribution in [2.75, 3.05) is 6.54 Å². The largest absolute Gasteiger partial charge is 0.481 e. The maximum Gasteiger partial charge on any atom is 0.305 e. The van der Waals surface area contributed by atoms with Crippen molar-refractivity contribution >= 4 is 11.9 Å². The molecule has 0 aliphatic heterocycles. The van der Waals surface area contributed by atoms with Crippen LogP contribution in [-0.4, -0.2) is 39.1 Å². The Balaban J connectivity index is 2.93.